The summed E-state index contributed by atoms with van der Waals surface area (Å²) in [5.74, 6) is 0.616. The molecule has 0 aliphatic heterocycles. The molecule has 24 heavy (non-hydrogen) atoms. The second-order valence-corrected chi connectivity index (χ2v) is 6.58. The number of aromatic nitrogens is 3. The maximum Gasteiger partial charge on any atom is 0.259 e. The van der Waals surface area contributed by atoms with Gasteiger partial charge in [0.1, 0.15) is 10.8 Å². The maximum absolute atomic E-state index is 12.5. The number of benzene rings is 1. The number of nitrogens with zero attached hydrogens (tertiary/aromatic N) is 3. The number of ether oxygens (including phenoxy) is 1. The summed E-state index contributed by atoms with van der Waals surface area (Å²) in [6.07, 6.45) is 0. The second-order valence-electron chi connectivity index (χ2n) is 5.40. The molecule has 0 atom stereocenters. The monoisotopic (exact) mass is 342 g/mol. The Bertz CT molecular complexity index is 881. The lowest BCUT2D eigenvalue weighted by Crippen LogP contribution is -2.13. The molecule has 1 N–H and O–H groups in total. The number of hydrogen-bond donors (Lipinski definition) is 1. The number of carbonyl (C=O) groups is 1. The molecule has 0 bridgehead atoms. The highest BCUT2D eigenvalue weighted by molar-refractivity contribution is 7.15. The molecular weight excluding hydrogens is 324 g/mol. The quantitative estimate of drug-likeness (QED) is 0.788. The normalized spacial score (nSPS) is 10.7. The lowest BCUT2D eigenvalue weighted by molar-refractivity contribution is 0.102. The number of nitrogens with one attached hydrogen (secondary N) is 1. The highest BCUT2D eigenvalue weighted by Crippen LogP contribution is 2.24. The van der Waals surface area contributed by atoms with Crippen molar-refractivity contribution >= 4 is 22.4 Å². The summed E-state index contributed by atoms with van der Waals surface area (Å²) in [5.41, 5.74) is 3.46. The Kier molecular flexibility index (Phi) is 4.35. The molecule has 2 heterocycles. The molecule has 3 rings (SSSR count). The Morgan fingerprint density at radius 1 is 1.17 bits per heavy atom. The van der Waals surface area contributed by atoms with E-state index in [2.05, 4.69) is 15.5 Å². The Labute approximate surface area is 144 Å². The van der Waals surface area contributed by atoms with E-state index in [1.807, 2.05) is 55.7 Å². The molecule has 0 aliphatic carbocycles. The molecule has 0 unspecified atom stereocenters. The molecule has 7 heteroatoms. The van der Waals surface area contributed by atoms with Gasteiger partial charge in [0, 0.05) is 17.1 Å². The summed E-state index contributed by atoms with van der Waals surface area (Å²) in [5, 5.41) is 12.0. The minimum Gasteiger partial charge on any atom is -0.497 e. The van der Waals surface area contributed by atoms with Gasteiger partial charge in [-0.3, -0.25) is 10.1 Å². The number of rotatable bonds is 4. The van der Waals surface area contributed by atoms with E-state index < -0.39 is 0 Å². The zero-order chi connectivity index (χ0) is 17.3. The van der Waals surface area contributed by atoms with E-state index in [1.165, 1.54) is 11.3 Å². The van der Waals surface area contributed by atoms with Gasteiger partial charge in [-0.25, -0.2) is 0 Å². The topological polar surface area (TPSA) is 69.0 Å². The van der Waals surface area contributed by atoms with Crippen molar-refractivity contribution in [2.75, 3.05) is 12.4 Å². The number of hydrogen-bond acceptors (Lipinski definition) is 5. The van der Waals surface area contributed by atoms with Gasteiger partial charge >= 0.3 is 0 Å². The molecule has 2 aromatic heterocycles. The Balaban J connectivity index is 1.91. The maximum atomic E-state index is 12.5. The van der Waals surface area contributed by atoms with Crippen molar-refractivity contribution in [3.63, 3.8) is 0 Å². The first-order valence-corrected chi connectivity index (χ1v) is 8.26. The highest BCUT2D eigenvalue weighted by atomic mass is 32.1. The van der Waals surface area contributed by atoms with Gasteiger partial charge in [-0.05, 0) is 51.1 Å². The molecule has 1 aromatic carbocycles. The number of amides is 1. The van der Waals surface area contributed by atoms with Crippen molar-refractivity contribution < 1.29 is 9.53 Å². The fourth-order valence-corrected chi connectivity index (χ4v) is 3.22. The Hall–Kier alpha value is -2.67. The van der Waals surface area contributed by atoms with Crippen LogP contribution >= 0.6 is 11.3 Å². The third-order valence-corrected chi connectivity index (χ3v) is 4.51. The van der Waals surface area contributed by atoms with Crippen LogP contribution in [0.2, 0.25) is 0 Å². The molecule has 0 radical (unpaired) electrons. The average Bonchev–Trinajstić information content (AvgIpc) is 3.10. The predicted octanol–water partition coefficient (Wildman–Crippen LogP) is 3.51. The number of anilines is 1. The number of carbonyl (C=O) groups excluding carboxylic acids is 1. The van der Waals surface area contributed by atoms with Crippen LogP contribution in [0.25, 0.3) is 5.69 Å². The molecule has 0 spiro atoms. The van der Waals surface area contributed by atoms with Gasteiger partial charge in [-0.1, -0.05) is 11.3 Å². The van der Waals surface area contributed by atoms with Crippen LogP contribution in [-0.4, -0.2) is 27.8 Å². The highest BCUT2D eigenvalue weighted by Gasteiger charge is 2.18. The van der Waals surface area contributed by atoms with E-state index in [0.29, 0.717) is 10.7 Å². The van der Waals surface area contributed by atoms with Gasteiger partial charge in [0.2, 0.25) is 5.13 Å². The summed E-state index contributed by atoms with van der Waals surface area (Å²) in [4.78, 5) is 12.5. The third kappa shape index (κ3) is 3.03. The standard InChI is InChI=1S/C17H18N4O2S/c1-10-9-15(16(22)18-17-20-19-12(3)24-17)11(2)21(10)13-5-7-14(23-4)8-6-13/h5-9H,1-4H3,(H,18,20,22). The summed E-state index contributed by atoms with van der Waals surface area (Å²) in [6.45, 7) is 5.75. The van der Waals surface area contributed by atoms with Crippen molar-refractivity contribution in [2.45, 2.75) is 20.8 Å². The molecule has 124 valence electrons. The first kappa shape index (κ1) is 16.2. The minimum atomic E-state index is -0.181. The molecule has 0 fully saturated rings. The zero-order valence-electron chi connectivity index (χ0n) is 14.0. The fraction of sp³-hybridized carbons (Fsp3) is 0.235. The van der Waals surface area contributed by atoms with E-state index in [0.717, 1.165) is 27.8 Å². The van der Waals surface area contributed by atoms with Crippen molar-refractivity contribution in [1.82, 2.24) is 14.8 Å². The van der Waals surface area contributed by atoms with Crippen molar-refractivity contribution in [3.05, 3.63) is 52.3 Å². The fourth-order valence-electron chi connectivity index (χ4n) is 2.63. The van der Waals surface area contributed by atoms with Crippen LogP contribution in [0, 0.1) is 20.8 Å². The van der Waals surface area contributed by atoms with Gasteiger partial charge in [0.25, 0.3) is 5.91 Å². The van der Waals surface area contributed by atoms with Crippen LogP contribution < -0.4 is 10.1 Å². The van der Waals surface area contributed by atoms with Crippen LogP contribution in [0.5, 0.6) is 5.75 Å². The van der Waals surface area contributed by atoms with Crippen molar-refractivity contribution in [1.29, 1.82) is 0 Å². The van der Waals surface area contributed by atoms with Gasteiger partial charge < -0.3 is 9.30 Å². The first-order valence-electron chi connectivity index (χ1n) is 7.44. The Morgan fingerprint density at radius 3 is 2.46 bits per heavy atom. The molecule has 0 saturated carbocycles. The smallest absolute Gasteiger partial charge is 0.259 e. The predicted molar refractivity (Wildman–Crippen MR) is 94.4 cm³/mol. The van der Waals surface area contributed by atoms with E-state index in [-0.39, 0.29) is 5.91 Å². The molecule has 1 amide bonds. The largest absolute Gasteiger partial charge is 0.497 e. The third-order valence-electron chi connectivity index (χ3n) is 3.75. The van der Waals surface area contributed by atoms with E-state index in [4.69, 9.17) is 4.74 Å². The van der Waals surface area contributed by atoms with Crippen molar-refractivity contribution in [3.8, 4) is 11.4 Å². The van der Waals surface area contributed by atoms with Crippen LogP contribution in [-0.2, 0) is 0 Å². The molecular formula is C17H18N4O2S. The first-order chi connectivity index (χ1) is 11.5. The SMILES string of the molecule is COc1ccc(-n2c(C)cc(C(=O)Nc3nnc(C)s3)c2C)cc1. The van der Waals surface area contributed by atoms with E-state index in [1.54, 1.807) is 7.11 Å². The van der Waals surface area contributed by atoms with Crippen molar-refractivity contribution in [2.24, 2.45) is 0 Å². The van der Waals surface area contributed by atoms with Gasteiger partial charge in [-0.2, -0.15) is 0 Å². The zero-order valence-corrected chi connectivity index (χ0v) is 14.8. The molecule has 0 saturated heterocycles. The van der Waals surface area contributed by atoms with Crippen LogP contribution in [0.4, 0.5) is 5.13 Å². The lowest BCUT2D eigenvalue weighted by Gasteiger charge is -2.10. The molecule has 0 aliphatic rings. The van der Waals surface area contributed by atoms with Gasteiger partial charge in [0.05, 0.1) is 12.7 Å². The number of methoxy groups -OCH3 is 1. The summed E-state index contributed by atoms with van der Waals surface area (Å²) < 4.78 is 7.23. The second kappa shape index (κ2) is 6.45. The Morgan fingerprint density at radius 2 is 1.88 bits per heavy atom. The lowest BCUT2D eigenvalue weighted by atomic mass is 10.2. The molecule has 6 nitrogen and oxygen atoms in total. The van der Waals surface area contributed by atoms with E-state index in [9.17, 15) is 4.79 Å². The summed E-state index contributed by atoms with van der Waals surface area (Å²) in [7, 11) is 1.64. The van der Waals surface area contributed by atoms with Crippen LogP contribution in [0.15, 0.2) is 30.3 Å². The van der Waals surface area contributed by atoms with Gasteiger partial charge in [0.15, 0.2) is 0 Å². The average molecular weight is 342 g/mol. The molecule has 3 aromatic rings. The summed E-state index contributed by atoms with van der Waals surface area (Å²) >= 11 is 1.35. The van der Waals surface area contributed by atoms with Gasteiger partial charge in [-0.15, -0.1) is 10.2 Å². The van der Waals surface area contributed by atoms with Crippen LogP contribution in [0.3, 0.4) is 0 Å². The van der Waals surface area contributed by atoms with Crippen LogP contribution in [0.1, 0.15) is 26.8 Å². The minimum absolute atomic E-state index is 0.181. The number of aryl methyl sites for hydroxylation is 2. The summed E-state index contributed by atoms with van der Waals surface area (Å²) in [6, 6.07) is 9.61. The van der Waals surface area contributed by atoms with E-state index >= 15 is 0 Å².